The van der Waals surface area contributed by atoms with Crippen molar-refractivity contribution >= 4 is 0 Å². The molecule has 0 saturated carbocycles. The summed E-state index contributed by atoms with van der Waals surface area (Å²) in [4.78, 5) is 8.58. The summed E-state index contributed by atoms with van der Waals surface area (Å²) >= 11 is 0. The van der Waals surface area contributed by atoms with E-state index in [1.165, 1.54) is 10.7 Å². The predicted molar refractivity (Wildman–Crippen MR) is 108 cm³/mol. The van der Waals surface area contributed by atoms with E-state index in [9.17, 15) is 4.39 Å². The molecule has 30 heavy (non-hydrogen) atoms. The molecule has 0 spiro atoms. The highest BCUT2D eigenvalue weighted by molar-refractivity contribution is 5.76. The van der Waals surface area contributed by atoms with Crippen molar-refractivity contribution in [3.63, 3.8) is 0 Å². The molecule has 0 aliphatic carbocycles. The number of benzene rings is 2. The van der Waals surface area contributed by atoms with Crippen molar-refractivity contribution in [2.75, 3.05) is 0 Å². The van der Waals surface area contributed by atoms with Crippen LogP contribution in [0.25, 0.3) is 39.9 Å². The van der Waals surface area contributed by atoms with Gasteiger partial charge in [0.05, 0.1) is 0 Å². The SMILES string of the molecule is Cc1ccccc1-c1noc(-c2nnn(-c3ccccc3F)c2-c2ccncc2)n1. The van der Waals surface area contributed by atoms with Crippen molar-refractivity contribution in [3.05, 3.63) is 84.4 Å². The zero-order valence-electron chi connectivity index (χ0n) is 15.9. The van der Waals surface area contributed by atoms with E-state index < -0.39 is 5.82 Å². The highest BCUT2D eigenvalue weighted by atomic mass is 19.1. The number of aromatic nitrogens is 6. The van der Waals surface area contributed by atoms with E-state index >= 15 is 0 Å². The van der Waals surface area contributed by atoms with E-state index in [2.05, 4.69) is 25.4 Å². The van der Waals surface area contributed by atoms with Crippen LogP contribution in [-0.2, 0) is 0 Å². The van der Waals surface area contributed by atoms with Crippen LogP contribution < -0.4 is 0 Å². The molecule has 2 aromatic carbocycles. The second kappa shape index (κ2) is 7.32. The van der Waals surface area contributed by atoms with Crippen molar-refractivity contribution in [2.45, 2.75) is 6.92 Å². The molecule has 0 aliphatic rings. The lowest BCUT2D eigenvalue weighted by molar-refractivity contribution is 0.431. The Morgan fingerprint density at radius 3 is 2.50 bits per heavy atom. The van der Waals surface area contributed by atoms with Crippen LogP contribution in [0, 0.1) is 12.7 Å². The van der Waals surface area contributed by atoms with Crippen LogP contribution in [-0.4, -0.2) is 30.1 Å². The van der Waals surface area contributed by atoms with Gasteiger partial charge in [0.1, 0.15) is 17.2 Å². The minimum Gasteiger partial charge on any atom is -0.332 e. The Kier molecular flexibility index (Phi) is 4.36. The molecule has 0 radical (unpaired) electrons. The number of aryl methyl sites for hydroxylation is 1. The minimum absolute atomic E-state index is 0.197. The fraction of sp³-hybridized carbons (Fsp3) is 0.0455. The van der Waals surface area contributed by atoms with Gasteiger partial charge in [-0.05, 0) is 36.8 Å². The summed E-state index contributed by atoms with van der Waals surface area (Å²) in [6, 6.07) is 17.7. The lowest BCUT2D eigenvalue weighted by atomic mass is 10.1. The first-order valence-corrected chi connectivity index (χ1v) is 9.23. The Morgan fingerprint density at radius 2 is 1.70 bits per heavy atom. The van der Waals surface area contributed by atoms with Gasteiger partial charge in [-0.25, -0.2) is 9.07 Å². The Bertz CT molecular complexity index is 1330. The molecular weight excluding hydrogens is 383 g/mol. The van der Waals surface area contributed by atoms with E-state index in [1.807, 2.05) is 31.2 Å². The fourth-order valence-corrected chi connectivity index (χ4v) is 3.24. The van der Waals surface area contributed by atoms with Gasteiger partial charge in [0.2, 0.25) is 5.82 Å². The lowest BCUT2D eigenvalue weighted by Gasteiger charge is -2.08. The third-order valence-electron chi connectivity index (χ3n) is 4.72. The molecule has 0 unspecified atom stereocenters. The third-order valence-corrected chi connectivity index (χ3v) is 4.72. The van der Waals surface area contributed by atoms with Gasteiger partial charge in [-0.1, -0.05) is 46.8 Å². The normalized spacial score (nSPS) is 11.0. The zero-order valence-corrected chi connectivity index (χ0v) is 15.9. The van der Waals surface area contributed by atoms with Crippen LogP contribution in [0.2, 0.25) is 0 Å². The predicted octanol–water partition coefficient (Wildman–Crippen LogP) is 4.49. The van der Waals surface area contributed by atoms with Crippen LogP contribution in [0.15, 0.2) is 77.6 Å². The number of para-hydroxylation sites is 1. The summed E-state index contributed by atoms with van der Waals surface area (Å²) in [6.45, 7) is 1.97. The monoisotopic (exact) mass is 398 g/mol. The number of pyridine rings is 1. The van der Waals surface area contributed by atoms with Gasteiger partial charge in [0.15, 0.2) is 5.69 Å². The quantitative estimate of drug-likeness (QED) is 0.443. The Hall–Kier alpha value is -4.20. The van der Waals surface area contributed by atoms with Gasteiger partial charge >= 0.3 is 0 Å². The highest BCUT2D eigenvalue weighted by Crippen LogP contribution is 2.33. The Balaban J connectivity index is 1.69. The standard InChI is InChI=1S/C22H15FN6O/c1-14-6-2-3-7-16(14)21-25-22(30-27-21)19-20(15-10-12-24-13-11-15)29(28-26-19)18-9-5-4-8-17(18)23/h2-13H,1H3. The first kappa shape index (κ1) is 17.9. The van der Waals surface area contributed by atoms with Crippen LogP contribution >= 0.6 is 0 Å². The average molecular weight is 398 g/mol. The molecule has 8 heteroatoms. The third kappa shape index (κ3) is 3.04. The Morgan fingerprint density at radius 1 is 0.933 bits per heavy atom. The molecule has 5 rings (SSSR count). The molecule has 0 amide bonds. The molecule has 5 aromatic rings. The molecule has 0 fully saturated rings. The number of rotatable bonds is 4. The summed E-state index contributed by atoms with van der Waals surface area (Å²) in [5.74, 6) is 0.224. The van der Waals surface area contributed by atoms with Crippen LogP contribution in [0.1, 0.15) is 5.56 Å². The fourth-order valence-electron chi connectivity index (χ4n) is 3.24. The molecule has 7 nitrogen and oxygen atoms in total. The van der Waals surface area contributed by atoms with Gasteiger partial charge in [-0.2, -0.15) is 4.98 Å². The number of hydrogen-bond acceptors (Lipinski definition) is 6. The Labute approximate surface area is 170 Å². The molecule has 0 atom stereocenters. The first-order valence-electron chi connectivity index (χ1n) is 9.23. The van der Waals surface area contributed by atoms with E-state index in [4.69, 9.17) is 4.52 Å². The first-order chi connectivity index (χ1) is 14.7. The summed E-state index contributed by atoms with van der Waals surface area (Å²) in [5, 5.41) is 12.5. The molecule has 0 saturated heterocycles. The van der Waals surface area contributed by atoms with Crippen molar-refractivity contribution in [2.24, 2.45) is 0 Å². The van der Waals surface area contributed by atoms with Gasteiger partial charge in [0, 0.05) is 23.5 Å². The van der Waals surface area contributed by atoms with E-state index in [0.717, 1.165) is 16.7 Å². The molecule has 0 N–H and O–H groups in total. The lowest BCUT2D eigenvalue weighted by Crippen LogP contribution is -2.02. The second-order valence-corrected chi connectivity index (χ2v) is 6.62. The summed E-state index contributed by atoms with van der Waals surface area (Å²) in [7, 11) is 0. The van der Waals surface area contributed by atoms with Crippen molar-refractivity contribution in [1.82, 2.24) is 30.1 Å². The van der Waals surface area contributed by atoms with Crippen LogP contribution in [0.3, 0.4) is 0 Å². The summed E-state index contributed by atoms with van der Waals surface area (Å²) in [5.41, 5.74) is 3.78. The maximum Gasteiger partial charge on any atom is 0.281 e. The van der Waals surface area contributed by atoms with E-state index in [1.54, 1.807) is 42.7 Å². The van der Waals surface area contributed by atoms with Crippen molar-refractivity contribution < 1.29 is 8.91 Å². The summed E-state index contributed by atoms with van der Waals surface area (Å²) in [6.07, 6.45) is 3.29. The zero-order chi connectivity index (χ0) is 20.5. The largest absolute Gasteiger partial charge is 0.332 e. The number of halogens is 1. The van der Waals surface area contributed by atoms with E-state index in [0.29, 0.717) is 17.2 Å². The highest BCUT2D eigenvalue weighted by Gasteiger charge is 2.24. The van der Waals surface area contributed by atoms with Gasteiger partial charge in [-0.15, -0.1) is 5.10 Å². The number of hydrogen-bond donors (Lipinski definition) is 0. The van der Waals surface area contributed by atoms with Gasteiger partial charge in [0.25, 0.3) is 5.89 Å². The summed E-state index contributed by atoms with van der Waals surface area (Å²) < 4.78 is 21.4. The van der Waals surface area contributed by atoms with Crippen LogP contribution in [0.4, 0.5) is 4.39 Å². The van der Waals surface area contributed by atoms with Gasteiger partial charge < -0.3 is 4.52 Å². The number of nitrogens with zero attached hydrogens (tertiary/aromatic N) is 6. The van der Waals surface area contributed by atoms with Gasteiger partial charge in [-0.3, -0.25) is 4.98 Å². The molecule has 0 bridgehead atoms. The van der Waals surface area contributed by atoms with Crippen LogP contribution in [0.5, 0.6) is 0 Å². The molecule has 146 valence electrons. The minimum atomic E-state index is -0.421. The van der Waals surface area contributed by atoms with Crippen molar-refractivity contribution in [1.29, 1.82) is 0 Å². The average Bonchev–Trinajstić information content (AvgIpc) is 3.42. The molecule has 3 aromatic heterocycles. The second-order valence-electron chi connectivity index (χ2n) is 6.62. The molecule has 3 heterocycles. The molecule has 0 aliphatic heterocycles. The molecular formula is C22H15FN6O. The topological polar surface area (TPSA) is 82.5 Å². The maximum absolute atomic E-state index is 14.5. The smallest absolute Gasteiger partial charge is 0.281 e. The van der Waals surface area contributed by atoms with Crippen molar-refractivity contribution in [3.8, 4) is 39.9 Å². The van der Waals surface area contributed by atoms with E-state index in [-0.39, 0.29) is 11.6 Å². The maximum atomic E-state index is 14.5.